The van der Waals surface area contributed by atoms with Gasteiger partial charge in [-0.1, -0.05) is 0 Å². The SMILES string of the molecule is C(=N\Nc1nc(N2CCCC2)nc(N2CCOCC2)n1)/c1ccc2c(c1)OCO2. The molecule has 5 rings (SSSR count). The zero-order valence-corrected chi connectivity index (χ0v) is 16.1. The fourth-order valence-electron chi connectivity index (χ4n) is 3.53. The van der Waals surface area contributed by atoms with Gasteiger partial charge in [-0.05, 0) is 36.6 Å². The Kier molecular flexibility index (Phi) is 4.99. The van der Waals surface area contributed by atoms with Crippen molar-refractivity contribution in [2.45, 2.75) is 12.8 Å². The number of nitrogens with one attached hydrogen (secondary N) is 1. The quantitative estimate of drug-likeness (QED) is 0.594. The van der Waals surface area contributed by atoms with Crippen LogP contribution in [0.2, 0.25) is 0 Å². The van der Waals surface area contributed by atoms with Crippen molar-refractivity contribution in [1.29, 1.82) is 0 Å². The average Bonchev–Trinajstić information content (AvgIpc) is 3.46. The maximum absolute atomic E-state index is 5.45. The molecule has 2 saturated heterocycles. The number of aromatic nitrogens is 3. The number of ether oxygens (including phenoxy) is 3. The fourth-order valence-corrected chi connectivity index (χ4v) is 3.53. The van der Waals surface area contributed by atoms with Crippen LogP contribution in [-0.2, 0) is 4.74 Å². The Morgan fingerprint density at radius 1 is 0.897 bits per heavy atom. The normalized spacial score (nSPS) is 18.6. The van der Waals surface area contributed by atoms with Crippen LogP contribution < -0.4 is 24.7 Å². The van der Waals surface area contributed by atoms with Gasteiger partial charge in [0.15, 0.2) is 11.5 Å². The minimum absolute atomic E-state index is 0.253. The minimum atomic E-state index is 0.253. The largest absolute Gasteiger partial charge is 0.454 e. The summed E-state index contributed by atoms with van der Waals surface area (Å²) in [5.74, 6) is 3.25. The molecule has 0 amide bonds. The highest BCUT2D eigenvalue weighted by Gasteiger charge is 2.21. The van der Waals surface area contributed by atoms with Gasteiger partial charge in [-0.3, -0.25) is 0 Å². The van der Waals surface area contributed by atoms with E-state index in [0.29, 0.717) is 31.1 Å². The molecule has 10 nitrogen and oxygen atoms in total. The van der Waals surface area contributed by atoms with Crippen molar-refractivity contribution in [2.24, 2.45) is 5.10 Å². The number of nitrogens with zero attached hydrogens (tertiary/aromatic N) is 6. The molecule has 3 aliphatic heterocycles. The summed E-state index contributed by atoms with van der Waals surface area (Å²) in [6.45, 7) is 5.07. The van der Waals surface area contributed by atoms with E-state index in [0.717, 1.165) is 56.1 Å². The van der Waals surface area contributed by atoms with Gasteiger partial charge in [-0.25, -0.2) is 5.43 Å². The number of hydrogen-bond acceptors (Lipinski definition) is 10. The summed E-state index contributed by atoms with van der Waals surface area (Å²) in [4.78, 5) is 18.2. The molecular weight excluding hydrogens is 374 g/mol. The zero-order chi connectivity index (χ0) is 19.5. The van der Waals surface area contributed by atoms with Crippen LogP contribution in [0.25, 0.3) is 0 Å². The molecule has 0 bridgehead atoms. The van der Waals surface area contributed by atoms with Gasteiger partial charge < -0.3 is 24.0 Å². The molecule has 1 aromatic heterocycles. The number of fused-ring (bicyclic) bond motifs is 1. The van der Waals surface area contributed by atoms with E-state index < -0.39 is 0 Å². The van der Waals surface area contributed by atoms with E-state index in [1.54, 1.807) is 6.21 Å². The number of anilines is 3. The van der Waals surface area contributed by atoms with Crippen LogP contribution in [0.3, 0.4) is 0 Å². The molecule has 0 atom stereocenters. The van der Waals surface area contributed by atoms with Crippen molar-refractivity contribution in [1.82, 2.24) is 15.0 Å². The van der Waals surface area contributed by atoms with Crippen molar-refractivity contribution < 1.29 is 14.2 Å². The second-order valence-electron chi connectivity index (χ2n) is 7.04. The molecule has 2 aromatic rings. The molecule has 2 fully saturated rings. The lowest BCUT2D eigenvalue weighted by molar-refractivity contribution is 0.122. The van der Waals surface area contributed by atoms with Crippen LogP contribution in [0.1, 0.15) is 18.4 Å². The highest BCUT2D eigenvalue weighted by molar-refractivity contribution is 5.81. The van der Waals surface area contributed by atoms with Crippen LogP contribution >= 0.6 is 0 Å². The van der Waals surface area contributed by atoms with Gasteiger partial charge in [0.25, 0.3) is 0 Å². The first-order valence-corrected chi connectivity index (χ1v) is 9.88. The first kappa shape index (κ1) is 17.9. The molecule has 1 aromatic carbocycles. The molecule has 0 saturated carbocycles. The maximum Gasteiger partial charge on any atom is 0.250 e. The van der Waals surface area contributed by atoms with Crippen LogP contribution in [0.15, 0.2) is 23.3 Å². The Labute approximate surface area is 168 Å². The summed E-state index contributed by atoms with van der Waals surface area (Å²) >= 11 is 0. The lowest BCUT2D eigenvalue weighted by Gasteiger charge is -2.27. The van der Waals surface area contributed by atoms with E-state index in [4.69, 9.17) is 19.2 Å². The van der Waals surface area contributed by atoms with E-state index in [9.17, 15) is 0 Å². The smallest absolute Gasteiger partial charge is 0.250 e. The summed E-state index contributed by atoms with van der Waals surface area (Å²) in [7, 11) is 0. The molecule has 0 unspecified atom stereocenters. The average molecular weight is 397 g/mol. The Bertz CT molecular complexity index is 895. The monoisotopic (exact) mass is 397 g/mol. The van der Waals surface area contributed by atoms with E-state index in [1.807, 2.05) is 18.2 Å². The second kappa shape index (κ2) is 8.08. The number of hydrogen-bond donors (Lipinski definition) is 1. The van der Waals surface area contributed by atoms with E-state index in [-0.39, 0.29) is 6.79 Å². The molecule has 4 heterocycles. The van der Waals surface area contributed by atoms with Gasteiger partial charge in [0, 0.05) is 26.2 Å². The van der Waals surface area contributed by atoms with E-state index in [1.165, 1.54) is 0 Å². The summed E-state index contributed by atoms with van der Waals surface area (Å²) in [6, 6.07) is 5.67. The lowest BCUT2D eigenvalue weighted by atomic mass is 10.2. The molecule has 1 N–H and O–H groups in total. The molecule has 0 spiro atoms. The van der Waals surface area contributed by atoms with Crippen LogP contribution in [-0.4, -0.2) is 67.4 Å². The summed E-state index contributed by atoms with van der Waals surface area (Å²) < 4.78 is 16.2. The number of rotatable bonds is 5. The molecule has 3 aliphatic rings. The highest BCUT2D eigenvalue weighted by Crippen LogP contribution is 2.32. The summed E-state index contributed by atoms with van der Waals surface area (Å²) in [5.41, 5.74) is 3.85. The van der Waals surface area contributed by atoms with Crippen molar-refractivity contribution in [3.8, 4) is 11.5 Å². The van der Waals surface area contributed by atoms with Gasteiger partial charge in [0.2, 0.25) is 24.6 Å². The van der Waals surface area contributed by atoms with Gasteiger partial charge in [0.1, 0.15) is 0 Å². The van der Waals surface area contributed by atoms with E-state index in [2.05, 4.69) is 30.3 Å². The fraction of sp³-hybridized carbons (Fsp3) is 0.474. The molecule has 0 aliphatic carbocycles. The lowest BCUT2D eigenvalue weighted by Crippen LogP contribution is -2.38. The predicted molar refractivity (Wildman–Crippen MR) is 108 cm³/mol. The molecule has 29 heavy (non-hydrogen) atoms. The summed E-state index contributed by atoms with van der Waals surface area (Å²) in [5, 5.41) is 4.31. The number of morpholine rings is 1. The van der Waals surface area contributed by atoms with Crippen LogP contribution in [0.4, 0.5) is 17.8 Å². The Balaban J connectivity index is 1.35. The Morgan fingerprint density at radius 3 is 2.41 bits per heavy atom. The summed E-state index contributed by atoms with van der Waals surface area (Å²) in [6.07, 6.45) is 4.02. The van der Waals surface area contributed by atoms with E-state index >= 15 is 0 Å². The first-order chi connectivity index (χ1) is 14.3. The number of hydrazone groups is 1. The standard InChI is InChI=1S/C19H23N7O3/c1-2-6-25(5-1)18-21-17(22-19(23-18)26-7-9-27-10-8-26)24-20-12-14-3-4-15-16(11-14)29-13-28-15/h3-4,11-12H,1-2,5-10,13H2,(H,21,22,23,24)/b20-12+. The van der Waals surface area contributed by atoms with Gasteiger partial charge >= 0.3 is 0 Å². The zero-order valence-electron chi connectivity index (χ0n) is 16.1. The van der Waals surface area contributed by atoms with Crippen LogP contribution in [0.5, 0.6) is 11.5 Å². The molecular formula is C19H23N7O3. The van der Waals surface area contributed by atoms with Crippen molar-refractivity contribution >= 4 is 24.1 Å². The van der Waals surface area contributed by atoms with Crippen molar-refractivity contribution in [3.63, 3.8) is 0 Å². The number of benzene rings is 1. The Morgan fingerprint density at radius 2 is 1.62 bits per heavy atom. The Hall–Kier alpha value is -3.14. The second-order valence-corrected chi connectivity index (χ2v) is 7.04. The van der Waals surface area contributed by atoms with Crippen molar-refractivity contribution in [2.75, 3.05) is 61.4 Å². The maximum atomic E-state index is 5.45. The topological polar surface area (TPSA) is 97.2 Å². The third kappa shape index (κ3) is 4.02. The molecule has 0 radical (unpaired) electrons. The third-order valence-electron chi connectivity index (χ3n) is 5.07. The highest BCUT2D eigenvalue weighted by atomic mass is 16.7. The van der Waals surface area contributed by atoms with Crippen LogP contribution in [0, 0.1) is 0 Å². The molecule has 152 valence electrons. The minimum Gasteiger partial charge on any atom is -0.454 e. The van der Waals surface area contributed by atoms with Gasteiger partial charge in [-0.2, -0.15) is 20.1 Å². The van der Waals surface area contributed by atoms with Crippen molar-refractivity contribution in [3.05, 3.63) is 23.8 Å². The van der Waals surface area contributed by atoms with Gasteiger partial charge in [0.05, 0.1) is 19.4 Å². The predicted octanol–water partition coefficient (Wildman–Crippen LogP) is 1.48. The molecule has 10 heteroatoms. The first-order valence-electron chi connectivity index (χ1n) is 9.88. The third-order valence-corrected chi connectivity index (χ3v) is 5.07. The van der Waals surface area contributed by atoms with Gasteiger partial charge in [-0.15, -0.1) is 0 Å².